The van der Waals surface area contributed by atoms with Crippen molar-refractivity contribution in [3.63, 3.8) is 0 Å². The Bertz CT molecular complexity index is 1090. The van der Waals surface area contributed by atoms with Crippen LogP contribution >= 0.6 is 11.6 Å². The number of nitrogens with one attached hydrogen (secondary N) is 1. The molecule has 1 fully saturated rings. The number of ether oxygens (including phenoxy) is 1. The quantitative estimate of drug-likeness (QED) is 0.422. The highest BCUT2D eigenvalue weighted by Crippen LogP contribution is 2.50. The monoisotopic (exact) mass is 560 g/mol. The van der Waals surface area contributed by atoms with Crippen LogP contribution in [0.1, 0.15) is 41.5 Å². The Morgan fingerprint density at radius 3 is 2.17 bits per heavy atom. The van der Waals surface area contributed by atoms with Crippen LogP contribution in [-0.4, -0.2) is 58.5 Å². The van der Waals surface area contributed by atoms with Gasteiger partial charge in [0.05, 0.1) is 12.7 Å². The molecule has 1 saturated heterocycles. The van der Waals surface area contributed by atoms with Crippen LogP contribution in [0.3, 0.4) is 0 Å². The second-order valence-corrected chi connectivity index (χ2v) is 28.7. The number of nitrogens with zero attached hydrogens (tertiary/aromatic N) is 1. The van der Waals surface area contributed by atoms with Gasteiger partial charge in [-0.2, -0.15) is 0 Å². The van der Waals surface area contributed by atoms with Gasteiger partial charge in [0.1, 0.15) is 19.6 Å². The van der Waals surface area contributed by atoms with Crippen molar-refractivity contribution in [2.75, 3.05) is 6.61 Å². The van der Waals surface area contributed by atoms with E-state index in [0.717, 1.165) is 5.32 Å². The SMILES string of the molecule is CC(C)(C)[Si](C)(C)OC[C@H]1O[C@]2(C[Si](C)(C)c3cc(=O)[nH]c(=O)n32)[C@@H](Cl)[C@@H]1O[Si](C)(C)C(C)(C)C. The highest BCUT2D eigenvalue weighted by atomic mass is 35.5. The number of fused-ring (bicyclic) bond motifs is 2. The zero-order valence-electron chi connectivity index (χ0n) is 23.6. The molecule has 0 aliphatic carbocycles. The lowest BCUT2D eigenvalue weighted by molar-refractivity contribution is -0.0995. The van der Waals surface area contributed by atoms with E-state index in [1.807, 2.05) is 0 Å². The Kier molecular flexibility index (Phi) is 7.29. The van der Waals surface area contributed by atoms with Crippen LogP contribution in [0.5, 0.6) is 0 Å². The molecule has 3 rings (SSSR count). The van der Waals surface area contributed by atoms with E-state index >= 15 is 0 Å². The maximum atomic E-state index is 13.2. The summed E-state index contributed by atoms with van der Waals surface area (Å²) in [5.74, 6) is 0. The predicted octanol–water partition coefficient (Wildman–Crippen LogP) is 4.54. The lowest BCUT2D eigenvalue weighted by Crippen LogP contribution is -2.53. The third-order valence-electron chi connectivity index (χ3n) is 8.80. The van der Waals surface area contributed by atoms with E-state index in [1.165, 1.54) is 0 Å². The molecule has 1 aromatic rings. The van der Waals surface area contributed by atoms with E-state index in [4.69, 9.17) is 25.2 Å². The van der Waals surface area contributed by atoms with Crippen LogP contribution in [0, 0.1) is 0 Å². The third-order valence-corrected chi connectivity index (χ3v) is 21.5. The summed E-state index contributed by atoms with van der Waals surface area (Å²) < 4.78 is 22.0. The molecule has 7 nitrogen and oxygen atoms in total. The summed E-state index contributed by atoms with van der Waals surface area (Å²) in [5.41, 5.74) is -1.91. The van der Waals surface area contributed by atoms with E-state index < -0.39 is 53.7 Å². The average Bonchev–Trinajstić information content (AvgIpc) is 3.02. The van der Waals surface area contributed by atoms with Gasteiger partial charge in [-0.3, -0.25) is 14.3 Å². The highest BCUT2D eigenvalue weighted by Gasteiger charge is 2.64. The van der Waals surface area contributed by atoms with Crippen molar-refractivity contribution in [3.05, 3.63) is 26.9 Å². The van der Waals surface area contributed by atoms with Gasteiger partial charge in [0.25, 0.3) is 5.56 Å². The smallest absolute Gasteiger partial charge is 0.330 e. The molecule has 3 heterocycles. The zero-order valence-corrected chi connectivity index (χ0v) is 27.3. The number of alkyl halides is 1. The fraction of sp³-hybridized carbons (Fsp3) is 0.833. The Labute approximate surface area is 218 Å². The second-order valence-electron chi connectivity index (χ2n) is 14.0. The van der Waals surface area contributed by atoms with Crippen molar-refractivity contribution in [2.24, 2.45) is 0 Å². The summed E-state index contributed by atoms with van der Waals surface area (Å²) in [6.07, 6.45) is -0.854. The summed E-state index contributed by atoms with van der Waals surface area (Å²) >= 11 is 7.30. The topological polar surface area (TPSA) is 82.5 Å². The molecule has 0 saturated carbocycles. The lowest BCUT2D eigenvalue weighted by atomic mass is 10.1. The first kappa shape index (κ1) is 29.1. The van der Waals surface area contributed by atoms with Gasteiger partial charge in [0, 0.05) is 11.4 Å². The maximum absolute atomic E-state index is 13.2. The standard InChI is InChI=1S/C24H45ClN2O5Si3/c1-22(2,3)34(9,10)30-14-16-19(32-35(11,12)23(4,5)6)20(25)24(31-16)15-33(7,8)18-13-17(28)26-21(29)27(18)24/h13,16,19-20H,14-15H2,1-12H3,(H,26,28,29)/t16-,19-,20+,24-/m1/s1. The Balaban J connectivity index is 2.09. The fourth-order valence-corrected chi connectivity index (χ4v) is 10.9. The van der Waals surface area contributed by atoms with Gasteiger partial charge in [-0.15, -0.1) is 11.6 Å². The Morgan fingerprint density at radius 1 is 1.11 bits per heavy atom. The molecule has 0 aromatic carbocycles. The van der Waals surface area contributed by atoms with Crippen LogP contribution in [0.15, 0.2) is 15.7 Å². The first-order chi connectivity index (χ1) is 15.6. The summed E-state index contributed by atoms with van der Waals surface area (Å²) in [6, 6.07) is 2.16. The van der Waals surface area contributed by atoms with Crippen LogP contribution in [0.4, 0.5) is 0 Å². The van der Waals surface area contributed by atoms with Gasteiger partial charge < -0.3 is 13.6 Å². The predicted molar refractivity (Wildman–Crippen MR) is 151 cm³/mol. The van der Waals surface area contributed by atoms with Crippen molar-refractivity contribution in [2.45, 2.75) is 120 Å². The van der Waals surface area contributed by atoms with Crippen molar-refractivity contribution < 1.29 is 13.6 Å². The van der Waals surface area contributed by atoms with Crippen molar-refractivity contribution in [1.82, 2.24) is 9.55 Å². The molecule has 200 valence electrons. The molecule has 0 radical (unpaired) electrons. The van der Waals surface area contributed by atoms with Gasteiger partial charge in [-0.25, -0.2) is 4.79 Å². The van der Waals surface area contributed by atoms with Gasteiger partial charge >= 0.3 is 5.69 Å². The fourth-order valence-electron chi connectivity index (χ4n) is 4.62. The molecule has 35 heavy (non-hydrogen) atoms. The minimum Gasteiger partial charge on any atom is -0.414 e. The molecule has 0 amide bonds. The van der Waals surface area contributed by atoms with Gasteiger partial charge in [0.15, 0.2) is 22.4 Å². The first-order valence-corrected chi connectivity index (χ1v) is 22.0. The molecule has 11 heteroatoms. The molecular weight excluding hydrogens is 516 g/mol. The van der Waals surface area contributed by atoms with Crippen LogP contribution in [0.25, 0.3) is 0 Å². The molecular formula is C24H45ClN2O5Si3. The zero-order chi connectivity index (χ0) is 27.0. The average molecular weight is 561 g/mol. The van der Waals surface area contributed by atoms with Gasteiger partial charge in [-0.1, -0.05) is 54.6 Å². The molecule has 1 aromatic heterocycles. The summed E-state index contributed by atoms with van der Waals surface area (Å²) in [6.45, 7) is 26.7. The summed E-state index contributed by atoms with van der Waals surface area (Å²) in [7, 11) is -6.48. The summed E-state index contributed by atoms with van der Waals surface area (Å²) in [5, 5.41) is 0.203. The number of aromatic nitrogens is 2. The highest BCUT2D eigenvalue weighted by molar-refractivity contribution is 6.90. The van der Waals surface area contributed by atoms with Crippen LogP contribution in [-0.2, 0) is 19.3 Å². The van der Waals surface area contributed by atoms with Gasteiger partial charge in [-0.05, 0) is 42.3 Å². The Hall–Kier alpha value is -0.499. The molecule has 4 atom stereocenters. The molecule has 0 unspecified atom stereocenters. The normalized spacial score (nSPS) is 29.1. The number of aromatic amines is 1. The number of H-pyrrole nitrogens is 1. The first-order valence-electron chi connectivity index (χ1n) is 12.6. The van der Waals surface area contributed by atoms with Crippen LogP contribution in [0.2, 0.25) is 55.4 Å². The molecule has 2 aliphatic heterocycles. The lowest BCUT2D eigenvalue weighted by Gasteiger charge is -2.41. The summed E-state index contributed by atoms with van der Waals surface area (Å²) in [4.78, 5) is 27.8. The van der Waals surface area contributed by atoms with E-state index in [0.29, 0.717) is 12.7 Å². The number of hydrogen-bond donors (Lipinski definition) is 1. The molecule has 0 bridgehead atoms. The second kappa shape index (κ2) is 8.78. The molecule has 2 aliphatic rings. The number of rotatable bonds is 5. The van der Waals surface area contributed by atoms with E-state index in [2.05, 4.69) is 85.8 Å². The maximum Gasteiger partial charge on any atom is 0.330 e. The van der Waals surface area contributed by atoms with Crippen molar-refractivity contribution in [3.8, 4) is 0 Å². The Morgan fingerprint density at radius 2 is 1.66 bits per heavy atom. The van der Waals surface area contributed by atoms with E-state index in [1.54, 1.807) is 10.6 Å². The van der Waals surface area contributed by atoms with E-state index in [9.17, 15) is 9.59 Å². The van der Waals surface area contributed by atoms with Gasteiger partial charge in [0.2, 0.25) is 0 Å². The largest absolute Gasteiger partial charge is 0.414 e. The minimum absolute atomic E-state index is 0.0200. The van der Waals surface area contributed by atoms with Crippen LogP contribution < -0.4 is 16.6 Å². The molecule has 1 spiro atoms. The number of halogens is 1. The third kappa shape index (κ3) is 5.00. The van der Waals surface area contributed by atoms with Crippen molar-refractivity contribution in [1.29, 1.82) is 0 Å². The van der Waals surface area contributed by atoms with Crippen molar-refractivity contribution >= 4 is 41.6 Å². The molecule has 1 N–H and O–H groups in total. The van der Waals surface area contributed by atoms with E-state index in [-0.39, 0.29) is 15.6 Å². The minimum atomic E-state index is -2.23. The number of hydrogen-bond acceptors (Lipinski definition) is 5.